The fourth-order valence-corrected chi connectivity index (χ4v) is 2.61. The van der Waals surface area contributed by atoms with Gasteiger partial charge in [-0.3, -0.25) is 4.79 Å². The lowest BCUT2D eigenvalue weighted by Gasteiger charge is -2.31. The van der Waals surface area contributed by atoms with Crippen LogP contribution in [0, 0.1) is 5.92 Å². The van der Waals surface area contributed by atoms with Crippen LogP contribution >= 0.6 is 0 Å². The summed E-state index contributed by atoms with van der Waals surface area (Å²) in [7, 11) is 0. The molecule has 0 radical (unpaired) electrons. The number of esters is 1. The molecule has 0 spiro atoms. The fraction of sp³-hybridized carbons (Fsp3) is 0.500. The number of urea groups is 1. The Morgan fingerprint density at radius 1 is 1.25 bits per heavy atom. The van der Waals surface area contributed by atoms with E-state index in [0.29, 0.717) is 32.5 Å². The third-order valence-electron chi connectivity index (χ3n) is 3.88. The molecule has 132 valence electrons. The lowest BCUT2D eigenvalue weighted by atomic mass is 9.97. The topological polar surface area (TPSA) is 58.6 Å². The molecule has 2 amide bonds. The molecule has 1 saturated heterocycles. The van der Waals surface area contributed by atoms with Gasteiger partial charge in [0.15, 0.2) is 0 Å². The van der Waals surface area contributed by atoms with E-state index in [1.54, 1.807) is 6.92 Å². The summed E-state index contributed by atoms with van der Waals surface area (Å²) in [6.45, 7) is 2.61. The van der Waals surface area contributed by atoms with Crippen molar-refractivity contribution in [3.8, 4) is 0 Å². The normalized spacial score (nSPS) is 15.9. The van der Waals surface area contributed by atoms with Crippen LogP contribution in [0.5, 0.6) is 0 Å². The molecule has 8 heteroatoms. The first kappa shape index (κ1) is 18.1. The Kier molecular flexibility index (Phi) is 5.69. The number of benzene rings is 1. The van der Waals surface area contributed by atoms with Crippen molar-refractivity contribution in [2.24, 2.45) is 5.92 Å². The number of hydrogen-bond acceptors (Lipinski definition) is 3. The number of hydrogen-bond donors (Lipinski definition) is 1. The molecule has 1 aromatic carbocycles. The average Bonchev–Trinajstić information content (AvgIpc) is 2.54. The van der Waals surface area contributed by atoms with Gasteiger partial charge in [-0.2, -0.15) is 13.2 Å². The summed E-state index contributed by atoms with van der Waals surface area (Å²) in [5.41, 5.74) is -1.16. The predicted molar refractivity (Wildman–Crippen MR) is 81.4 cm³/mol. The van der Waals surface area contributed by atoms with Crippen LogP contribution in [0.1, 0.15) is 25.3 Å². The maximum Gasteiger partial charge on any atom is 0.418 e. The van der Waals surface area contributed by atoms with Gasteiger partial charge in [0.05, 0.1) is 23.8 Å². The van der Waals surface area contributed by atoms with E-state index in [1.807, 2.05) is 0 Å². The minimum absolute atomic E-state index is 0.267. The van der Waals surface area contributed by atoms with Crippen LogP contribution in [-0.2, 0) is 15.7 Å². The summed E-state index contributed by atoms with van der Waals surface area (Å²) < 4.78 is 43.8. The number of likely N-dealkylation sites (tertiary alicyclic amines) is 1. The maximum absolute atomic E-state index is 12.9. The minimum Gasteiger partial charge on any atom is -0.466 e. The molecule has 1 fully saturated rings. The number of carbonyl (C=O) groups excluding carboxylic acids is 2. The van der Waals surface area contributed by atoms with Gasteiger partial charge in [-0.1, -0.05) is 12.1 Å². The van der Waals surface area contributed by atoms with Crippen molar-refractivity contribution in [1.82, 2.24) is 4.90 Å². The van der Waals surface area contributed by atoms with Gasteiger partial charge in [0.2, 0.25) is 0 Å². The van der Waals surface area contributed by atoms with E-state index in [4.69, 9.17) is 4.74 Å². The molecular weight excluding hydrogens is 325 g/mol. The lowest BCUT2D eigenvalue weighted by molar-refractivity contribution is -0.149. The molecule has 1 heterocycles. The molecule has 1 aromatic rings. The number of piperidine rings is 1. The van der Waals surface area contributed by atoms with Crippen molar-refractivity contribution in [3.63, 3.8) is 0 Å². The molecule has 2 rings (SSSR count). The average molecular weight is 344 g/mol. The van der Waals surface area contributed by atoms with Gasteiger partial charge < -0.3 is 15.0 Å². The molecule has 0 atom stereocenters. The predicted octanol–water partition coefficient (Wildman–Crippen LogP) is 3.51. The van der Waals surface area contributed by atoms with Gasteiger partial charge in [0.25, 0.3) is 0 Å². The van der Waals surface area contributed by atoms with E-state index < -0.39 is 17.8 Å². The van der Waals surface area contributed by atoms with E-state index in [1.165, 1.54) is 23.1 Å². The molecule has 0 saturated carbocycles. The highest BCUT2D eigenvalue weighted by molar-refractivity contribution is 5.90. The van der Waals surface area contributed by atoms with Crippen molar-refractivity contribution in [2.45, 2.75) is 25.9 Å². The first-order valence-corrected chi connectivity index (χ1v) is 7.71. The first-order chi connectivity index (χ1) is 11.3. The number of nitrogens with zero attached hydrogens (tertiary/aromatic N) is 1. The second-order valence-electron chi connectivity index (χ2n) is 5.49. The maximum atomic E-state index is 12.9. The zero-order valence-electron chi connectivity index (χ0n) is 13.2. The van der Waals surface area contributed by atoms with E-state index in [-0.39, 0.29) is 17.6 Å². The molecular formula is C16H19F3N2O3. The second-order valence-corrected chi connectivity index (χ2v) is 5.49. The number of amides is 2. The molecule has 1 aliphatic rings. The zero-order valence-corrected chi connectivity index (χ0v) is 13.2. The third-order valence-corrected chi connectivity index (χ3v) is 3.88. The van der Waals surface area contributed by atoms with E-state index >= 15 is 0 Å². The molecule has 1 aliphatic heterocycles. The Labute approximate surface area is 137 Å². The Bertz CT molecular complexity index is 596. The molecule has 5 nitrogen and oxygen atoms in total. The number of anilines is 1. The summed E-state index contributed by atoms with van der Waals surface area (Å²) in [6.07, 6.45) is -3.67. The highest BCUT2D eigenvalue weighted by Gasteiger charge is 2.34. The molecule has 0 bridgehead atoms. The lowest BCUT2D eigenvalue weighted by Crippen LogP contribution is -2.43. The minimum atomic E-state index is -4.54. The van der Waals surface area contributed by atoms with Crippen LogP contribution in [0.3, 0.4) is 0 Å². The van der Waals surface area contributed by atoms with Gasteiger partial charge in [-0.05, 0) is 31.9 Å². The first-order valence-electron chi connectivity index (χ1n) is 7.71. The van der Waals surface area contributed by atoms with Crippen LogP contribution in [0.15, 0.2) is 24.3 Å². The second kappa shape index (κ2) is 7.55. The van der Waals surface area contributed by atoms with Crippen molar-refractivity contribution in [2.75, 3.05) is 25.0 Å². The highest BCUT2D eigenvalue weighted by Crippen LogP contribution is 2.34. The monoisotopic (exact) mass is 344 g/mol. The number of rotatable bonds is 3. The molecule has 0 unspecified atom stereocenters. The van der Waals surface area contributed by atoms with Crippen molar-refractivity contribution < 1.29 is 27.5 Å². The number of alkyl halides is 3. The van der Waals surface area contributed by atoms with Crippen LogP contribution in [0.2, 0.25) is 0 Å². The number of halogens is 3. The number of carbonyl (C=O) groups is 2. The van der Waals surface area contributed by atoms with Gasteiger partial charge >= 0.3 is 18.2 Å². The summed E-state index contributed by atoms with van der Waals surface area (Å²) in [6, 6.07) is 4.23. The largest absolute Gasteiger partial charge is 0.466 e. The van der Waals surface area contributed by atoms with Crippen molar-refractivity contribution >= 4 is 17.7 Å². The molecule has 0 aromatic heterocycles. The standard InChI is InChI=1S/C16H19F3N2O3/c1-2-24-14(22)11-7-9-21(10-8-11)15(23)20-13-6-4-3-5-12(13)16(17,18)19/h3-6,11H,2,7-10H2,1H3,(H,20,23). The zero-order chi connectivity index (χ0) is 17.7. The van der Waals surface area contributed by atoms with Crippen LogP contribution in [0.25, 0.3) is 0 Å². The Morgan fingerprint density at radius 3 is 2.46 bits per heavy atom. The van der Waals surface area contributed by atoms with Gasteiger partial charge in [-0.15, -0.1) is 0 Å². The van der Waals surface area contributed by atoms with E-state index in [2.05, 4.69) is 5.32 Å². The van der Waals surface area contributed by atoms with E-state index in [9.17, 15) is 22.8 Å². The Morgan fingerprint density at radius 2 is 1.88 bits per heavy atom. The SMILES string of the molecule is CCOC(=O)C1CCN(C(=O)Nc2ccccc2C(F)(F)F)CC1. The van der Waals surface area contributed by atoms with Crippen molar-refractivity contribution in [1.29, 1.82) is 0 Å². The van der Waals surface area contributed by atoms with Gasteiger partial charge in [0, 0.05) is 13.1 Å². The van der Waals surface area contributed by atoms with Crippen LogP contribution in [-0.4, -0.2) is 36.6 Å². The third kappa shape index (κ3) is 4.39. The fourth-order valence-electron chi connectivity index (χ4n) is 2.61. The van der Waals surface area contributed by atoms with Gasteiger partial charge in [0.1, 0.15) is 0 Å². The quantitative estimate of drug-likeness (QED) is 0.854. The Hall–Kier alpha value is -2.25. The number of ether oxygens (including phenoxy) is 1. The smallest absolute Gasteiger partial charge is 0.418 e. The summed E-state index contributed by atoms with van der Waals surface area (Å²) in [5, 5.41) is 2.31. The number of para-hydroxylation sites is 1. The van der Waals surface area contributed by atoms with Crippen LogP contribution < -0.4 is 5.32 Å². The molecule has 24 heavy (non-hydrogen) atoms. The highest BCUT2D eigenvalue weighted by atomic mass is 19.4. The van der Waals surface area contributed by atoms with Crippen LogP contribution in [0.4, 0.5) is 23.7 Å². The summed E-state index contributed by atoms with van der Waals surface area (Å²) in [4.78, 5) is 25.2. The summed E-state index contributed by atoms with van der Waals surface area (Å²) in [5.74, 6) is -0.559. The Balaban J connectivity index is 1.97. The number of nitrogens with one attached hydrogen (secondary N) is 1. The van der Waals surface area contributed by atoms with E-state index in [0.717, 1.165) is 6.07 Å². The van der Waals surface area contributed by atoms with Crippen molar-refractivity contribution in [3.05, 3.63) is 29.8 Å². The molecule has 0 aliphatic carbocycles. The van der Waals surface area contributed by atoms with Gasteiger partial charge in [-0.25, -0.2) is 4.79 Å². The summed E-state index contributed by atoms with van der Waals surface area (Å²) >= 11 is 0. The molecule has 1 N–H and O–H groups in total.